The van der Waals surface area contributed by atoms with E-state index < -0.39 is 0 Å². The van der Waals surface area contributed by atoms with Crippen molar-refractivity contribution in [1.29, 1.82) is 0 Å². The van der Waals surface area contributed by atoms with E-state index in [1.54, 1.807) is 0 Å². The van der Waals surface area contributed by atoms with E-state index in [1.165, 1.54) is 6.42 Å². The molecule has 3 nitrogen and oxygen atoms in total. The molecule has 1 aliphatic heterocycles. The van der Waals surface area contributed by atoms with Crippen LogP contribution in [0, 0.1) is 0 Å². The smallest absolute Gasteiger partial charge is 0.0655 e. The van der Waals surface area contributed by atoms with E-state index in [4.69, 9.17) is 0 Å². The Hall–Kier alpha value is -0.250. The molecule has 0 aromatic carbocycles. The fraction of sp³-hybridized carbons (Fsp3) is 0.571. The van der Waals surface area contributed by atoms with Crippen LogP contribution in [0.5, 0.6) is 0 Å². The molecule has 0 saturated carbocycles. The maximum atomic E-state index is 4.17. The Morgan fingerprint density at radius 3 is 2.75 bits per heavy atom. The lowest BCUT2D eigenvalue weighted by atomic mass is 10.3. The molecule has 1 aromatic rings. The molecule has 5 heteroatoms. The van der Waals surface area contributed by atoms with Crippen molar-refractivity contribution in [2.45, 2.75) is 12.5 Å². The van der Waals surface area contributed by atoms with Crippen molar-refractivity contribution in [1.82, 2.24) is 15.1 Å². The van der Waals surface area contributed by atoms with E-state index >= 15 is 0 Å². The quantitative estimate of drug-likeness (QED) is 0.756. The van der Waals surface area contributed by atoms with Gasteiger partial charge < -0.3 is 5.32 Å². The fourth-order valence-corrected chi connectivity index (χ4v) is 1.36. The average molecular weight is 210 g/mol. The van der Waals surface area contributed by atoms with Gasteiger partial charge in [0.15, 0.2) is 0 Å². The van der Waals surface area contributed by atoms with Gasteiger partial charge >= 0.3 is 0 Å². The van der Waals surface area contributed by atoms with E-state index in [0.717, 1.165) is 13.1 Å². The summed E-state index contributed by atoms with van der Waals surface area (Å²) in [7, 11) is 0. The van der Waals surface area contributed by atoms with Crippen LogP contribution < -0.4 is 5.32 Å². The van der Waals surface area contributed by atoms with Gasteiger partial charge in [-0.05, 0) is 19.0 Å². The molecular formula is C7H13Cl2N3. The molecule has 2 rings (SSSR count). The molecule has 2 heterocycles. The SMILES string of the molecule is Cl.Cl.c1cnn(C2CCNC2)c1. The number of rotatable bonds is 1. The van der Waals surface area contributed by atoms with Crippen molar-refractivity contribution in [3.8, 4) is 0 Å². The van der Waals surface area contributed by atoms with Gasteiger partial charge in [-0.2, -0.15) is 5.10 Å². The third-order valence-corrected chi connectivity index (χ3v) is 1.93. The number of hydrogen-bond donors (Lipinski definition) is 1. The first-order valence-corrected chi connectivity index (χ1v) is 3.66. The van der Waals surface area contributed by atoms with Crippen molar-refractivity contribution in [2.24, 2.45) is 0 Å². The van der Waals surface area contributed by atoms with Crippen LogP contribution in [0.1, 0.15) is 12.5 Å². The molecule has 1 N–H and O–H groups in total. The Bertz CT molecular complexity index is 194. The summed E-state index contributed by atoms with van der Waals surface area (Å²) < 4.78 is 2.03. The van der Waals surface area contributed by atoms with Crippen molar-refractivity contribution in [2.75, 3.05) is 13.1 Å². The van der Waals surface area contributed by atoms with E-state index in [1.807, 2.05) is 23.1 Å². The molecule has 1 aromatic heterocycles. The van der Waals surface area contributed by atoms with Gasteiger partial charge in [-0.15, -0.1) is 24.8 Å². The molecule has 1 atom stereocenters. The molecule has 1 unspecified atom stereocenters. The summed E-state index contributed by atoms with van der Waals surface area (Å²) in [5, 5.41) is 7.47. The van der Waals surface area contributed by atoms with Crippen LogP contribution >= 0.6 is 24.8 Å². The Kier molecular flexibility index (Phi) is 5.29. The zero-order chi connectivity index (χ0) is 6.81. The zero-order valence-corrected chi connectivity index (χ0v) is 8.27. The van der Waals surface area contributed by atoms with Gasteiger partial charge in [0.25, 0.3) is 0 Å². The number of aromatic nitrogens is 2. The second kappa shape index (κ2) is 5.41. The molecular weight excluding hydrogens is 197 g/mol. The number of nitrogens with one attached hydrogen (secondary N) is 1. The minimum atomic E-state index is 0. The molecule has 0 radical (unpaired) electrons. The van der Waals surface area contributed by atoms with Crippen molar-refractivity contribution < 1.29 is 0 Å². The lowest BCUT2D eigenvalue weighted by Gasteiger charge is -2.06. The van der Waals surface area contributed by atoms with E-state index in [-0.39, 0.29) is 24.8 Å². The van der Waals surface area contributed by atoms with Crippen LogP contribution in [0.4, 0.5) is 0 Å². The van der Waals surface area contributed by atoms with Crippen molar-refractivity contribution >= 4 is 24.8 Å². The second-order valence-electron chi connectivity index (χ2n) is 2.63. The largest absolute Gasteiger partial charge is 0.315 e. The fourth-order valence-electron chi connectivity index (χ4n) is 1.36. The Balaban J connectivity index is 0.000000605. The lowest BCUT2D eigenvalue weighted by Crippen LogP contribution is -2.13. The topological polar surface area (TPSA) is 29.9 Å². The molecule has 0 amide bonds. The minimum absolute atomic E-state index is 0. The third kappa shape index (κ3) is 2.37. The number of hydrogen-bond acceptors (Lipinski definition) is 2. The predicted molar refractivity (Wildman–Crippen MR) is 53.2 cm³/mol. The van der Waals surface area contributed by atoms with Gasteiger partial charge in [-0.25, -0.2) is 0 Å². The first-order chi connectivity index (χ1) is 4.97. The van der Waals surface area contributed by atoms with Crippen LogP contribution in [0.15, 0.2) is 18.5 Å². The third-order valence-electron chi connectivity index (χ3n) is 1.93. The van der Waals surface area contributed by atoms with Crippen molar-refractivity contribution in [3.05, 3.63) is 18.5 Å². The minimum Gasteiger partial charge on any atom is -0.315 e. The van der Waals surface area contributed by atoms with Gasteiger partial charge in [-0.1, -0.05) is 0 Å². The van der Waals surface area contributed by atoms with E-state index in [0.29, 0.717) is 6.04 Å². The van der Waals surface area contributed by atoms with Crippen LogP contribution in [0.25, 0.3) is 0 Å². The van der Waals surface area contributed by atoms with Crippen molar-refractivity contribution in [3.63, 3.8) is 0 Å². The number of halogens is 2. The summed E-state index contributed by atoms with van der Waals surface area (Å²) in [6.07, 6.45) is 5.07. The predicted octanol–water partition coefficient (Wildman–Crippen LogP) is 1.26. The standard InChI is InChI=1S/C7H11N3.2ClH/c1-3-9-10(5-1)7-2-4-8-6-7;;/h1,3,5,7-8H,2,4,6H2;2*1H. The summed E-state index contributed by atoms with van der Waals surface area (Å²) in [5.41, 5.74) is 0. The van der Waals surface area contributed by atoms with Crippen LogP contribution in [-0.4, -0.2) is 22.9 Å². The summed E-state index contributed by atoms with van der Waals surface area (Å²) in [6.45, 7) is 2.20. The molecule has 0 aliphatic carbocycles. The maximum Gasteiger partial charge on any atom is 0.0655 e. The van der Waals surface area contributed by atoms with Gasteiger partial charge in [0, 0.05) is 18.9 Å². The Morgan fingerprint density at radius 1 is 1.42 bits per heavy atom. The monoisotopic (exact) mass is 209 g/mol. The van der Waals surface area contributed by atoms with Gasteiger partial charge in [-0.3, -0.25) is 4.68 Å². The van der Waals surface area contributed by atoms with E-state index in [2.05, 4.69) is 10.4 Å². The second-order valence-corrected chi connectivity index (χ2v) is 2.63. The van der Waals surface area contributed by atoms with Crippen LogP contribution in [0.2, 0.25) is 0 Å². The van der Waals surface area contributed by atoms with E-state index in [9.17, 15) is 0 Å². The molecule has 1 saturated heterocycles. The molecule has 0 bridgehead atoms. The highest BCUT2D eigenvalue weighted by atomic mass is 35.5. The highest BCUT2D eigenvalue weighted by Gasteiger charge is 2.15. The summed E-state index contributed by atoms with van der Waals surface area (Å²) >= 11 is 0. The van der Waals surface area contributed by atoms with Gasteiger partial charge in [0.2, 0.25) is 0 Å². The molecule has 1 aliphatic rings. The molecule has 0 spiro atoms. The summed E-state index contributed by atoms with van der Waals surface area (Å²) in [4.78, 5) is 0. The van der Waals surface area contributed by atoms with Gasteiger partial charge in [0.1, 0.15) is 0 Å². The lowest BCUT2D eigenvalue weighted by molar-refractivity contribution is 0.491. The van der Waals surface area contributed by atoms with Crippen LogP contribution in [-0.2, 0) is 0 Å². The highest BCUT2D eigenvalue weighted by molar-refractivity contribution is 5.85. The number of nitrogens with zero attached hydrogens (tertiary/aromatic N) is 2. The highest BCUT2D eigenvalue weighted by Crippen LogP contribution is 2.12. The van der Waals surface area contributed by atoms with Gasteiger partial charge in [0.05, 0.1) is 6.04 Å². The summed E-state index contributed by atoms with van der Waals surface area (Å²) in [5.74, 6) is 0. The zero-order valence-electron chi connectivity index (χ0n) is 6.64. The first kappa shape index (κ1) is 11.8. The Labute approximate surface area is 84.3 Å². The first-order valence-electron chi connectivity index (χ1n) is 3.66. The molecule has 70 valence electrons. The van der Waals surface area contributed by atoms with Crippen LogP contribution in [0.3, 0.4) is 0 Å². The summed E-state index contributed by atoms with van der Waals surface area (Å²) in [6, 6.07) is 2.56. The maximum absolute atomic E-state index is 4.17. The molecule has 1 fully saturated rings. The molecule has 12 heavy (non-hydrogen) atoms. The normalized spacial score (nSPS) is 21.2. The average Bonchev–Trinajstić information content (AvgIpc) is 2.59. The Morgan fingerprint density at radius 2 is 2.25 bits per heavy atom.